The maximum Gasteiger partial charge on any atom is 0.252 e. The van der Waals surface area contributed by atoms with E-state index in [1.807, 2.05) is 19.9 Å². The van der Waals surface area contributed by atoms with Crippen molar-refractivity contribution in [3.8, 4) is 0 Å². The number of hydrogen-bond acceptors (Lipinski definition) is 5. The van der Waals surface area contributed by atoms with E-state index >= 15 is 0 Å². The Morgan fingerprint density at radius 3 is 2.72 bits per heavy atom. The lowest BCUT2D eigenvalue weighted by atomic mass is 9.87. The molecule has 8 nitrogen and oxygen atoms in total. The Labute approximate surface area is 154 Å². The molecule has 3 N–H and O–H groups in total. The van der Waals surface area contributed by atoms with E-state index < -0.39 is 15.9 Å². The number of halogens is 1. The summed E-state index contributed by atoms with van der Waals surface area (Å²) in [6, 6.07) is 1.65. The second-order valence-corrected chi connectivity index (χ2v) is 9.92. The van der Waals surface area contributed by atoms with E-state index in [1.165, 1.54) is 16.8 Å². The van der Waals surface area contributed by atoms with Crippen LogP contribution in [0.25, 0.3) is 5.52 Å². The molecule has 0 aliphatic carbocycles. The summed E-state index contributed by atoms with van der Waals surface area (Å²) in [5.41, 5.74) is 6.71. The minimum absolute atomic E-state index is 0.180. The van der Waals surface area contributed by atoms with Crippen molar-refractivity contribution in [2.75, 3.05) is 24.7 Å². The molecule has 1 saturated heterocycles. The first kappa shape index (κ1) is 18.2. The van der Waals surface area contributed by atoms with Crippen molar-refractivity contribution in [1.82, 2.24) is 13.9 Å². The Morgan fingerprint density at radius 2 is 2.16 bits per heavy atom. The lowest BCUT2D eigenvalue weighted by Gasteiger charge is -2.28. The molecule has 1 aliphatic rings. The number of amides is 1. The van der Waals surface area contributed by atoms with E-state index in [-0.39, 0.29) is 17.0 Å². The largest absolute Gasteiger partial charge is 0.378 e. The van der Waals surface area contributed by atoms with Gasteiger partial charge in [0.15, 0.2) is 0 Å². The number of aromatic nitrogens is 2. The van der Waals surface area contributed by atoms with Crippen LogP contribution in [0.15, 0.2) is 22.9 Å². The van der Waals surface area contributed by atoms with Crippen molar-refractivity contribution in [1.29, 1.82) is 0 Å². The maximum absolute atomic E-state index is 11.9. The fourth-order valence-electron chi connectivity index (χ4n) is 3.11. The third kappa shape index (κ3) is 3.38. The van der Waals surface area contributed by atoms with Gasteiger partial charge in [-0.1, -0.05) is 13.8 Å². The highest BCUT2D eigenvalue weighted by Gasteiger charge is 2.43. The first-order chi connectivity index (χ1) is 11.5. The molecule has 136 valence electrons. The minimum atomic E-state index is -3.29. The van der Waals surface area contributed by atoms with Crippen LogP contribution in [0.5, 0.6) is 0 Å². The van der Waals surface area contributed by atoms with Gasteiger partial charge < -0.3 is 11.1 Å². The highest BCUT2D eigenvalue weighted by molar-refractivity contribution is 9.10. The summed E-state index contributed by atoms with van der Waals surface area (Å²) in [5.74, 6) is -0.592. The highest BCUT2D eigenvalue weighted by atomic mass is 79.9. The Hall–Kier alpha value is -1.65. The second kappa shape index (κ2) is 5.96. The first-order valence-corrected chi connectivity index (χ1v) is 10.3. The van der Waals surface area contributed by atoms with Crippen LogP contribution in [0.3, 0.4) is 0 Å². The third-order valence-electron chi connectivity index (χ3n) is 4.57. The average molecular weight is 430 g/mol. The van der Waals surface area contributed by atoms with Gasteiger partial charge in [0.05, 0.1) is 29.2 Å². The van der Waals surface area contributed by atoms with Gasteiger partial charge in [-0.2, -0.15) is 9.40 Å². The van der Waals surface area contributed by atoms with Gasteiger partial charge >= 0.3 is 0 Å². The second-order valence-electron chi connectivity index (χ2n) is 7.03. The standard InChI is InChI=1S/C15H20BrN5O3S/c1-15(2)8-20(25(3,23)24)7-12(15)19-13-10(14(17)22)5-18-21-6-9(16)4-11(13)21/h4-6,12,19H,7-8H2,1-3H3,(H2,17,22). The topological polar surface area (TPSA) is 110 Å². The van der Waals surface area contributed by atoms with Crippen LogP contribution in [-0.2, 0) is 10.0 Å². The van der Waals surface area contributed by atoms with E-state index in [4.69, 9.17) is 5.73 Å². The zero-order valence-corrected chi connectivity index (χ0v) is 16.6. The number of nitrogens with zero attached hydrogens (tertiary/aromatic N) is 3. The molecule has 0 spiro atoms. The number of nitrogens with one attached hydrogen (secondary N) is 1. The molecule has 0 radical (unpaired) electrons. The zero-order valence-electron chi connectivity index (χ0n) is 14.2. The van der Waals surface area contributed by atoms with Crippen molar-refractivity contribution in [2.24, 2.45) is 11.1 Å². The van der Waals surface area contributed by atoms with Gasteiger partial charge in [0, 0.05) is 29.8 Å². The monoisotopic (exact) mass is 429 g/mol. The number of sulfonamides is 1. The third-order valence-corrected chi connectivity index (χ3v) is 6.22. The maximum atomic E-state index is 11.9. The predicted molar refractivity (Wildman–Crippen MR) is 99.0 cm³/mol. The van der Waals surface area contributed by atoms with Crippen molar-refractivity contribution < 1.29 is 13.2 Å². The predicted octanol–water partition coefficient (Wildman–Crippen LogP) is 1.28. The summed E-state index contributed by atoms with van der Waals surface area (Å²) in [4.78, 5) is 11.8. The van der Waals surface area contributed by atoms with E-state index in [9.17, 15) is 13.2 Å². The van der Waals surface area contributed by atoms with E-state index in [0.29, 0.717) is 24.3 Å². The quantitative estimate of drug-likeness (QED) is 0.760. The summed E-state index contributed by atoms with van der Waals surface area (Å²) >= 11 is 3.40. The van der Waals surface area contributed by atoms with Crippen LogP contribution in [0.2, 0.25) is 0 Å². The molecular formula is C15H20BrN5O3S. The van der Waals surface area contributed by atoms with Crippen molar-refractivity contribution in [2.45, 2.75) is 19.9 Å². The minimum Gasteiger partial charge on any atom is -0.378 e. The molecule has 1 amide bonds. The summed E-state index contributed by atoms with van der Waals surface area (Å²) in [5, 5.41) is 7.54. The molecule has 0 aromatic carbocycles. The summed E-state index contributed by atoms with van der Waals surface area (Å²) in [6.07, 6.45) is 4.39. The average Bonchev–Trinajstić information content (AvgIpc) is 2.98. The summed E-state index contributed by atoms with van der Waals surface area (Å²) in [6.45, 7) is 4.71. The van der Waals surface area contributed by atoms with Crippen molar-refractivity contribution in [3.05, 3.63) is 28.5 Å². The molecular weight excluding hydrogens is 410 g/mol. The molecule has 1 atom stereocenters. The van der Waals surface area contributed by atoms with Gasteiger partial charge in [0.25, 0.3) is 5.91 Å². The number of primary amides is 1. The summed E-state index contributed by atoms with van der Waals surface area (Å²) in [7, 11) is -3.29. The molecule has 1 aliphatic heterocycles. The molecule has 25 heavy (non-hydrogen) atoms. The van der Waals surface area contributed by atoms with Gasteiger partial charge in [0.2, 0.25) is 10.0 Å². The molecule has 3 heterocycles. The highest BCUT2D eigenvalue weighted by Crippen LogP contribution is 2.35. The van der Waals surface area contributed by atoms with Crippen LogP contribution in [0, 0.1) is 5.41 Å². The van der Waals surface area contributed by atoms with Crippen LogP contribution in [0.1, 0.15) is 24.2 Å². The van der Waals surface area contributed by atoms with Crippen LogP contribution < -0.4 is 11.1 Å². The van der Waals surface area contributed by atoms with Gasteiger partial charge in [0.1, 0.15) is 0 Å². The molecule has 2 aromatic rings. The first-order valence-electron chi connectivity index (χ1n) is 7.67. The Morgan fingerprint density at radius 1 is 1.48 bits per heavy atom. The lowest BCUT2D eigenvalue weighted by Crippen LogP contribution is -2.35. The van der Waals surface area contributed by atoms with Crippen LogP contribution in [-0.4, -0.2) is 53.6 Å². The van der Waals surface area contributed by atoms with Gasteiger partial charge in [-0.05, 0) is 27.4 Å². The Balaban J connectivity index is 2.05. The number of anilines is 1. The molecule has 0 saturated carbocycles. The molecule has 3 rings (SSSR count). The molecule has 1 fully saturated rings. The van der Waals surface area contributed by atoms with Gasteiger partial charge in [-0.15, -0.1) is 0 Å². The number of carbonyl (C=O) groups excluding carboxylic acids is 1. The van der Waals surface area contributed by atoms with E-state index in [2.05, 4.69) is 26.3 Å². The fraction of sp³-hybridized carbons (Fsp3) is 0.467. The normalized spacial score (nSPS) is 20.9. The van der Waals surface area contributed by atoms with Gasteiger partial charge in [-0.3, -0.25) is 4.79 Å². The molecule has 10 heteroatoms. The van der Waals surface area contributed by atoms with E-state index in [0.717, 1.165) is 4.47 Å². The Kier molecular flexibility index (Phi) is 4.33. The van der Waals surface area contributed by atoms with Crippen LogP contribution >= 0.6 is 15.9 Å². The molecule has 0 bridgehead atoms. The lowest BCUT2D eigenvalue weighted by molar-refractivity contribution is 0.100. The van der Waals surface area contributed by atoms with Crippen LogP contribution in [0.4, 0.5) is 5.69 Å². The van der Waals surface area contributed by atoms with Gasteiger partial charge in [-0.25, -0.2) is 12.9 Å². The SMILES string of the molecule is CC1(C)CN(S(C)(=O)=O)CC1Nc1c(C(N)=O)cnn2cc(Br)cc12. The number of fused-ring (bicyclic) bond motifs is 1. The smallest absolute Gasteiger partial charge is 0.252 e. The Bertz CT molecular complexity index is 953. The molecule has 1 unspecified atom stereocenters. The fourth-order valence-corrected chi connectivity index (χ4v) is 4.51. The van der Waals surface area contributed by atoms with Crippen molar-refractivity contribution in [3.63, 3.8) is 0 Å². The zero-order chi connectivity index (χ0) is 18.6. The number of nitrogens with two attached hydrogens (primary N) is 1. The number of rotatable bonds is 4. The number of carbonyl (C=O) groups is 1. The van der Waals surface area contributed by atoms with E-state index in [1.54, 1.807) is 10.7 Å². The van der Waals surface area contributed by atoms with Crippen molar-refractivity contribution >= 4 is 43.1 Å². The number of hydrogen-bond donors (Lipinski definition) is 2. The molecule has 2 aromatic heterocycles. The summed E-state index contributed by atoms with van der Waals surface area (Å²) < 4.78 is 27.7.